The summed E-state index contributed by atoms with van der Waals surface area (Å²) in [6, 6.07) is 14.6. The number of hydrogen-bond donors (Lipinski definition) is 3. The number of aliphatic imine (C=N–C) groups is 1. The van der Waals surface area contributed by atoms with Crippen LogP contribution in [0.2, 0.25) is 0 Å². The number of aryl methyl sites for hydroxylation is 1. The van der Waals surface area contributed by atoms with Crippen LogP contribution in [-0.2, 0) is 17.7 Å². The van der Waals surface area contributed by atoms with Gasteiger partial charge in [0.15, 0.2) is 5.96 Å². The zero-order valence-electron chi connectivity index (χ0n) is 17.4. The Morgan fingerprint density at radius 2 is 2.00 bits per heavy atom. The molecule has 0 spiro atoms. The van der Waals surface area contributed by atoms with Crippen LogP contribution >= 0.6 is 0 Å². The molecule has 3 aromatic rings. The van der Waals surface area contributed by atoms with E-state index in [0.29, 0.717) is 19.8 Å². The van der Waals surface area contributed by atoms with Crippen LogP contribution in [0.1, 0.15) is 16.7 Å². The van der Waals surface area contributed by atoms with E-state index >= 15 is 0 Å². The maximum Gasteiger partial charge on any atom is 0.191 e. The number of nitrogens with one attached hydrogen (secondary N) is 3. The summed E-state index contributed by atoms with van der Waals surface area (Å²) < 4.78 is 10.7. The lowest BCUT2D eigenvalue weighted by Crippen LogP contribution is -2.37. The van der Waals surface area contributed by atoms with Gasteiger partial charge in [0.2, 0.25) is 0 Å². The summed E-state index contributed by atoms with van der Waals surface area (Å²) in [5.41, 5.74) is 4.90. The molecule has 0 radical (unpaired) electrons. The Labute approximate surface area is 172 Å². The average molecular weight is 395 g/mol. The molecule has 1 aromatic heterocycles. The molecule has 1 heterocycles. The van der Waals surface area contributed by atoms with Gasteiger partial charge in [0, 0.05) is 44.3 Å². The summed E-state index contributed by atoms with van der Waals surface area (Å²) in [6.07, 6.45) is 3.02. The second-order valence-electron chi connectivity index (χ2n) is 6.95. The molecular formula is C23H30N4O2. The van der Waals surface area contributed by atoms with Gasteiger partial charge in [0.05, 0.1) is 6.61 Å². The minimum absolute atomic E-state index is 0.546. The molecular weight excluding hydrogens is 364 g/mol. The van der Waals surface area contributed by atoms with Gasteiger partial charge in [-0.3, -0.25) is 4.99 Å². The Bertz CT molecular complexity index is 949. The standard InChI is InChI=1S/C23H30N4O2/c1-17-7-8-21-19(16-26-22(21)13-17)9-10-25-23(24-2)27-15-18-5-4-6-20(14-18)29-12-11-28-3/h4-8,13-14,16,26H,9-12,15H2,1-3H3,(H2,24,25,27). The summed E-state index contributed by atoms with van der Waals surface area (Å²) in [5, 5.41) is 8.03. The Hall–Kier alpha value is -2.99. The fraction of sp³-hybridized carbons (Fsp3) is 0.348. The van der Waals surface area contributed by atoms with Crippen molar-refractivity contribution >= 4 is 16.9 Å². The number of hydrogen-bond acceptors (Lipinski definition) is 3. The number of benzene rings is 2. The SMILES string of the molecule is CN=C(NCCc1c[nH]c2cc(C)ccc12)NCc1cccc(OCCOC)c1. The molecule has 0 amide bonds. The van der Waals surface area contributed by atoms with Crippen LogP contribution in [0.25, 0.3) is 10.9 Å². The van der Waals surface area contributed by atoms with E-state index in [0.717, 1.165) is 30.2 Å². The highest BCUT2D eigenvalue weighted by Gasteiger charge is 2.05. The lowest BCUT2D eigenvalue weighted by Gasteiger charge is -2.13. The number of aromatic amines is 1. The van der Waals surface area contributed by atoms with Gasteiger partial charge in [-0.25, -0.2) is 0 Å². The van der Waals surface area contributed by atoms with Gasteiger partial charge in [0.25, 0.3) is 0 Å². The number of methoxy groups -OCH3 is 1. The fourth-order valence-electron chi connectivity index (χ4n) is 3.22. The summed E-state index contributed by atoms with van der Waals surface area (Å²) >= 11 is 0. The molecule has 0 aliphatic heterocycles. The van der Waals surface area contributed by atoms with Crippen LogP contribution in [0, 0.1) is 6.92 Å². The molecule has 3 rings (SSSR count). The van der Waals surface area contributed by atoms with E-state index in [-0.39, 0.29) is 0 Å². The molecule has 0 atom stereocenters. The zero-order valence-corrected chi connectivity index (χ0v) is 17.4. The predicted molar refractivity (Wildman–Crippen MR) is 119 cm³/mol. The molecule has 6 heteroatoms. The maximum absolute atomic E-state index is 5.67. The zero-order chi connectivity index (χ0) is 20.5. The molecule has 0 aliphatic carbocycles. The molecule has 2 aromatic carbocycles. The summed E-state index contributed by atoms with van der Waals surface area (Å²) in [7, 11) is 3.45. The molecule has 0 bridgehead atoms. The van der Waals surface area contributed by atoms with Crippen molar-refractivity contribution < 1.29 is 9.47 Å². The number of fused-ring (bicyclic) bond motifs is 1. The first-order valence-electron chi connectivity index (χ1n) is 9.91. The van der Waals surface area contributed by atoms with Crippen LogP contribution in [0.4, 0.5) is 0 Å². The second-order valence-corrected chi connectivity index (χ2v) is 6.95. The fourth-order valence-corrected chi connectivity index (χ4v) is 3.22. The molecule has 0 fully saturated rings. The lowest BCUT2D eigenvalue weighted by molar-refractivity contribution is 0.146. The first-order chi connectivity index (χ1) is 14.2. The normalized spacial score (nSPS) is 11.6. The van der Waals surface area contributed by atoms with E-state index in [1.54, 1.807) is 14.2 Å². The third-order valence-electron chi connectivity index (χ3n) is 4.75. The molecule has 0 unspecified atom stereocenters. The lowest BCUT2D eigenvalue weighted by atomic mass is 10.1. The van der Waals surface area contributed by atoms with E-state index < -0.39 is 0 Å². The number of nitrogens with zero attached hydrogens (tertiary/aromatic N) is 1. The Morgan fingerprint density at radius 3 is 2.83 bits per heavy atom. The van der Waals surface area contributed by atoms with E-state index in [4.69, 9.17) is 9.47 Å². The topological polar surface area (TPSA) is 70.7 Å². The van der Waals surface area contributed by atoms with Crippen molar-refractivity contribution in [2.45, 2.75) is 19.9 Å². The number of H-pyrrole nitrogens is 1. The van der Waals surface area contributed by atoms with Gasteiger partial charge in [0.1, 0.15) is 12.4 Å². The Kier molecular flexibility index (Phi) is 7.53. The third-order valence-corrected chi connectivity index (χ3v) is 4.75. The number of aromatic nitrogens is 1. The maximum atomic E-state index is 5.67. The molecule has 154 valence electrons. The predicted octanol–water partition coefficient (Wildman–Crippen LogP) is 3.41. The monoisotopic (exact) mass is 394 g/mol. The summed E-state index contributed by atoms with van der Waals surface area (Å²) in [5.74, 6) is 1.63. The van der Waals surface area contributed by atoms with Crippen molar-refractivity contribution in [1.29, 1.82) is 0 Å². The molecule has 3 N–H and O–H groups in total. The van der Waals surface area contributed by atoms with Crippen molar-refractivity contribution in [3.05, 3.63) is 65.4 Å². The van der Waals surface area contributed by atoms with Crippen LogP contribution in [0.15, 0.2) is 53.7 Å². The highest BCUT2D eigenvalue weighted by Crippen LogP contribution is 2.19. The summed E-state index contributed by atoms with van der Waals surface area (Å²) in [4.78, 5) is 7.68. The highest BCUT2D eigenvalue weighted by molar-refractivity contribution is 5.84. The molecule has 29 heavy (non-hydrogen) atoms. The van der Waals surface area contributed by atoms with Crippen molar-refractivity contribution in [2.75, 3.05) is 33.9 Å². The third kappa shape index (κ3) is 5.99. The van der Waals surface area contributed by atoms with Gasteiger partial charge in [-0.05, 0) is 48.2 Å². The van der Waals surface area contributed by atoms with Crippen molar-refractivity contribution in [3.8, 4) is 5.75 Å². The summed E-state index contributed by atoms with van der Waals surface area (Å²) in [6.45, 7) is 4.71. The highest BCUT2D eigenvalue weighted by atomic mass is 16.5. The molecule has 0 aliphatic rings. The van der Waals surface area contributed by atoms with Gasteiger partial charge in [-0.2, -0.15) is 0 Å². The van der Waals surface area contributed by atoms with Crippen molar-refractivity contribution in [2.24, 2.45) is 4.99 Å². The molecule has 0 saturated heterocycles. The van der Waals surface area contributed by atoms with Gasteiger partial charge in [-0.15, -0.1) is 0 Å². The molecule has 6 nitrogen and oxygen atoms in total. The van der Waals surface area contributed by atoms with Crippen LogP contribution in [0.3, 0.4) is 0 Å². The van der Waals surface area contributed by atoms with E-state index in [9.17, 15) is 0 Å². The van der Waals surface area contributed by atoms with Gasteiger partial charge >= 0.3 is 0 Å². The van der Waals surface area contributed by atoms with Crippen LogP contribution in [-0.4, -0.2) is 44.9 Å². The van der Waals surface area contributed by atoms with Crippen LogP contribution < -0.4 is 15.4 Å². The van der Waals surface area contributed by atoms with Crippen molar-refractivity contribution in [1.82, 2.24) is 15.6 Å². The smallest absolute Gasteiger partial charge is 0.191 e. The molecule has 0 saturated carbocycles. The van der Waals surface area contributed by atoms with Crippen molar-refractivity contribution in [3.63, 3.8) is 0 Å². The largest absolute Gasteiger partial charge is 0.491 e. The van der Waals surface area contributed by atoms with E-state index in [1.165, 1.54) is 22.0 Å². The Morgan fingerprint density at radius 1 is 1.10 bits per heavy atom. The van der Waals surface area contributed by atoms with Gasteiger partial charge in [-0.1, -0.05) is 24.3 Å². The number of rotatable bonds is 9. The first-order valence-corrected chi connectivity index (χ1v) is 9.91. The number of ether oxygens (including phenoxy) is 2. The second kappa shape index (κ2) is 10.5. The quantitative estimate of drug-likeness (QED) is 0.295. The first kappa shape index (κ1) is 20.7. The minimum atomic E-state index is 0.546. The van der Waals surface area contributed by atoms with E-state index in [1.807, 2.05) is 18.2 Å². The number of guanidine groups is 1. The minimum Gasteiger partial charge on any atom is -0.491 e. The van der Waals surface area contributed by atoms with Gasteiger partial charge < -0.3 is 25.1 Å². The van der Waals surface area contributed by atoms with E-state index in [2.05, 4.69) is 58.0 Å². The van der Waals surface area contributed by atoms with Crippen LogP contribution in [0.5, 0.6) is 5.75 Å². The Balaban J connectivity index is 1.47. The average Bonchev–Trinajstić information content (AvgIpc) is 3.13.